The van der Waals surface area contributed by atoms with Crippen LogP contribution in [0.25, 0.3) is 16.6 Å². The number of aromatic nitrogens is 5. The molecule has 0 saturated heterocycles. The Morgan fingerprint density at radius 2 is 1.97 bits per heavy atom. The number of rotatable bonds is 5. The number of carbonyl (C=O) groups excluding carboxylic acids is 1. The molecule has 3 heterocycles. The van der Waals surface area contributed by atoms with Crippen LogP contribution < -0.4 is 5.32 Å². The molecule has 4 aromatic rings. The van der Waals surface area contributed by atoms with E-state index in [0.717, 1.165) is 5.56 Å². The smallest absolute Gasteiger partial charge is 0.273 e. The van der Waals surface area contributed by atoms with Gasteiger partial charge in [-0.25, -0.2) is 14.1 Å². The summed E-state index contributed by atoms with van der Waals surface area (Å²) in [6.45, 7) is 1.81. The summed E-state index contributed by atoms with van der Waals surface area (Å²) in [5.74, 6) is -0.773. The van der Waals surface area contributed by atoms with Crippen LogP contribution >= 0.6 is 0 Å². The van der Waals surface area contributed by atoms with Crippen molar-refractivity contribution >= 4 is 27.6 Å². The molecule has 1 amide bonds. The van der Waals surface area contributed by atoms with Gasteiger partial charge in [0.2, 0.25) is 0 Å². The number of nitrogens with one attached hydrogen (secondary N) is 1. The third kappa shape index (κ3) is 3.81. The first-order valence-electron chi connectivity index (χ1n) is 8.99. The van der Waals surface area contributed by atoms with Gasteiger partial charge in [-0.05, 0) is 48.9 Å². The fraction of sp³-hybridized carbons (Fsp3) is 0.150. The molecule has 1 aromatic carbocycles. The van der Waals surface area contributed by atoms with Crippen LogP contribution in [0.2, 0.25) is 0 Å². The molecule has 0 aliphatic carbocycles. The Balaban J connectivity index is 1.63. The lowest BCUT2D eigenvalue weighted by Gasteiger charge is -2.14. The lowest BCUT2D eigenvalue weighted by Crippen LogP contribution is -2.28. The van der Waals surface area contributed by atoms with Gasteiger partial charge in [-0.1, -0.05) is 0 Å². The van der Waals surface area contributed by atoms with Gasteiger partial charge in [-0.3, -0.25) is 9.00 Å². The van der Waals surface area contributed by atoms with Crippen LogP contribution in [0.15, 0.2) is 60.0 Å². The van der Waals surface area contributed by atoms with Crippen molar-refractivity contribution in [2.75, 3.05) is 6.26 Å². The van der Waals surface area contributed by atoms with E-state index in [1.54, 1.807) is 41.4 Å². The molecule has 0 fully saturated rings. The quantitative estimate of drug-likeness (QED) is 0.528. The zero-order valence-corrected chi connectivity index (χ0v) is 16.9. The normalized spacial score (nSPS) is 13.2. The van der Waals surface area contributed by atoms with Gasteiger partial charge in [0.05, 0.1) is 45.8 Å². The number of hydrogen-bond acceptors (Lipinski definition) is 6. The third-order valence-corrected chi connectivity index (χ3v) is 5.40. The molecule has 8 nitrogen and oxygen atoms in total. The molecule has 2 unspecified atom stereocenters. The largest absolute Gasteiger partial charge is 0.344 e. The topological polar surface area (TPSA) is 103 Å². The molecular weight excluding hydrogens is 407 g/mol. The number of carbonyl (C=O) groups is 1. The first-order valence-corrected chi connectivity index (χ1v) is 10.6. The Bertz CT molecular complexity index is 1260. The van der Waals surface area contributed by atoms with E-state index in [1.165, 1.54) is 24.5 Å². The van der Waals surface area contributed by atoms with E-state index in [2.05, 4.69) is 25.6 Å². The van der Waals surface area contributed by atoms with Gasteiger partial charge in [0, 0.05) is 12.5 Å². The van der Waals surface area contributed by atoms with Gasteiger partial charge < -0.3 is 5.32 Å². The summed E-state index contributed by atoms with van der Waals surface area (Å²) in [6, 6.07) is 8.91. The van der Waals surface area contributed by atoms with Gasteiger partial charge in [0.25, 0.3) is 5.91 Å². The average molecular weight is 424 g/mol. The number of benzene rings is 1. The van der Waals surface area contributed by atoms with Gasteiger partial charge in [-0.15, -0.1) is 5.10 Å². The molecule has 30 heavy (non-hydrogen) atoms. The van der Waals surface area contributed by atoms with Crippen molar-refractivity contribution in [2.45, 2.75) is 18.0 Å². The predicted molar refractivity (Wildman–Crippen MR) is 109 cm³/mol. The van der Waals surface area contributed by atoms with Crippen LogP contribution in [-0.2, 0) is 10.8 Å². The number of fused-ring (bicyclic) bond motifs is 1. The maximum absolute atomic E-state index is 13.2. The highest BCUT2D eigenvalue weighted by Crippen LogP contribution is 2.21. The van der Waals surface area contributed by atoms with Gasteiger partial charge >= 0.3 is 0 Å². The molecule has 0 aliphatic heterocycles. The molecule has 0 radical (unpaired) electrons. The van der Waals surface area contributed by atoms with Crippen LogP contribution in [0, 0.1) is 5.82 Å². The Kier molecular flexibility index (Phi) is 5.32. The lowest BCUT2D eigenvalue weighted by molar-refractivity contribution is 0.0935. The molecule has 0 aliphatic rings. The van der Waals surface area contributed by atoms with Crippen LogP contribution in [0.3, 0.4) is 0 Å². The second kappa shape index (κ2) is 8.07. The number of hydrogen-bond donors (Lipinski definition) is 1. The first-order chi connectivity index (χ1) is 14.4. The molecule has 2 atom stereocenters. The first kappa shape index (κ1) is 19.8. The molecule has 152 valence electrons. The average Bonchev–Trinajstić information content (AvgIpc) is 3.18. The minimum atomic E-state index is -1.22. The van der Waals surface area contributed by atoms with E-state index in [9.17, 15) is 13.4 Å². The Morgan fingerprint density at radius 3 is 2.70 bits per heavy atom. The van der Waals surface area contributed by atoms with Gasteiger partial charge in [0.15, 0.2) is 5.69 Å². The minimum absolute atomic E-state index is 0.126. The molecular formula is C20H17FN6O2S. The Morgan fingerprint density at radius 1 is 1.20 bits per heavy atom. The van der Waals surface area contributed by atoms with Crippen molar-refractivity contribution in [3.63, 3.8) is 0 Å². The van der Waals surface area contributed by atoms with E-state index < -0.39 is 16.7 Å². The van der Waals surface area contributed by atoms with Gasteiger partial charge in [0.1, 0.15) is 10.8 Å². The summed E-state index contributed by atoms with van der Waals surface area (Å²) < 4.78 is 26.4. The van der Waals surface area contributed by atoms with Crippen molar-refractivity contribution in [1.82, 2.24) is 30.3 Å². The molecule has 0 bridgehead atoms. The lowest BCUT2D eigenvalue weighted by atomic mass is 10.1. The highest BCUT2D eigenvalue weighted by Gasteiger charge is 2.19. The molecule has 4 rings (SSSR count). The fourth-order valence-electron chi connectivity index (χ4n) is 3.02. The number of amides is 1. The second-order valence-corrected chi connectivity index (χ2v) is 7.93. The SMILES string of the molecule is CC(NC(=O)c1nncc2c1cnn2-c1ccc(F)cc1)c1ccnc(S(C)=O)c1. The summed E-state index contributed by atoms with van der Waals surface area (Å²) in [7, 11) is -1.22. The van der Waals surface area contributed by atoms with Crippen molar-refractivity contribution in [1.29, 1.82) is 0 Å². The molecule has 1 N–H and O–H groups in total. The van der Waals surface area contributed by atoms with Gasteiger partial charge in [-0.2, -0.15) is 10.2 Å². The van der Waals surface area contributed by atoms with E-state index in [0.29, 0.717) is 21.6 Å². The van der Waals surface area contributed by atoms with Crippen LogP contribution in [0.1, 0.15) is 29.0 Å². The standard InChI is InChI=1S/C20H17FN6O2S/c1-12(13-7-8-22-18(9-13)30(2)29)25-20(28)19-16-10-24-27(17(16)11-23-26-19)15-5-3-14(21)4-6-15/h3-12H,1-2H3,(H,25,28). The number of nitrogens with zero attached hydrogens (tertiary/aromatic N) is 5. The minimum Gasteiger partial charge on any atom is -0.344 e. The fourth-order valence-corrected chi connectivity index (χ4v) is 3.53. The maximum Gasteiger partial charge on any atom is 0.273 e. The summed E-state index contributed by atoms with van der Waals surface area (Å²) >= 11 is 0. The van der Waals surface area contributed by atoms with E-state index >= 15 is 0 Å². The van der Waals surface area contributed by atoms with Crippen molar-refractivity contribution in [3.05, 3.63) is 72.1 Å². The van der Waals surface area contributed by atoms with E-state index in [4.69, 9.17) is 0 Å². The Hall–Kier alpha value is -3.53. The highest BCUT2D eigenvalue weighted by atomic mass is 32.2. The summed E-state index contributed by atoms with van der Waals surface area (Å²) in [6.07, 6.45) is 6.13. The van der Waals surface area contributed by atoms with E-state index in [1.807, 2.05) is 6.92 Å². The second-order valence-electron chi connectivity index (χ2n) is 6.60. The summed E-state index contributed by atoms with van der Waals surface area (Å²) in [5.41, 5.74) is 2.10. The summed E-state index contributed by atoms with van der Waals surface area (Å²) in [5, 5.41) is 16.0. The zero-order valence-electron chi connectivity index (χ0n) is 16.1. The van der Waals surface area contributed by atoms with Crippen molar-refractivity contribution in [2.24, 2.45) is 0 Å². The van der Waals surface area contributed by atoms with Crippen LogP contribution in [-0.4, -0.2) is 41.3 Å². The molecule has 0 saturated carbocycles. The maximum atomic E-state index is 13.2. The third-order valence-electron chi connectivity index (χ3n) is 4.59. The van der Waals surface area contributed by atoms with Crippen LogP contribution in [0.4, 0.5) is 4.39 Å². The van der Waals surface area contributed by atoms with Crippen LogP contribution in [0.5, 0.6) is 0 Å². The zero-order chi connectivity index (χ0) is 21.3. The number of pyridine rings is 1. The van der Waals surface area contributed by atoms with Crippen molar-refractivity contribution < 1.29 is 13.4 Å². The Labute approximate surface area is 173 Å². The predicted octanol–water partition coefficient (Wildman–Crippen LogP) is 2.58. The molecule has 10 heteroatoms. The summed E-state index contributed by atoms with van der Waals surface area (Å²) in [4.78, 5) is 16.9. The monoisotopic (exact) mass is 424 g/mol. The molecule has 0 spiro atoms. The molecule has 3 aromatic heterocycles. The van der Waals surface area contributed by atoms with Crippen molar-refractivity contribution in [3.8, 4) is 5.69 Å². The highest BCUT2D eigenvalue weighted by molar-refractivity contribution is 7.84. The van der Waals surface area contributed by atoms with E-state index in [-0.39, 0.29) is 17.6 Å². The number of halogens is 1.